The van der Waals surface area contributed by atoms with Crippen molar-refractivity contribution in [1.82, 2.24) is 0 Å². The van der Waals surface area contributed by atoms with E-state index in [1.165, 1.54) is 11.1 Å². The summed E-state index contributed by atoms with van der Waals surface area (Å²) in [7, 11) is 0. The third-order valence-corrected chi connectivity index (χ3v) is 4.12. The van der Waals surface area contributed by atoms with Crippen LogP contribution in [0.2, 0.25) is 0 Å². The van der Waals surface area contributed by atoms with Crippen LogP contribution in [-0.2, 0) is 11.3 Å². The molecule has 0 aromatic heterocycles. The van der Waals surface area contributed by atoms with E-state index in [0.717, 1.165) is 11.3 Å². The number of carbonyl (C=O) groups excluding carboxylic acids is 1. The van der Waals surface area contributed by atoms with E-state index in [1.54, 1.807) is 13.0 Å². The maximum atomic E-state index is 11.5. The third-order valence-electron chi connectivity index (χ3n) is 4.12. The van der Waals surface area contributed by atoms with E-state index in [1.807, 2.05) is 30.3 Å². The van der Waals surface area contributed by atoms with Gasteiger partial charge in [-0.25, -0.2) is 4.79 Å². The lowest BCUT2D eigenvalue weighted by Gasteiger charge is -2.11. The summed E-state index contributed by atoms with van der Waals surface area (Å²) in [6.07, 6.45) is -0.506. The summed E-state index contributed by atoms with van der Waals surface area (Å²) in [6, 6.07) is 24.1. The highest BCUT2D eigenvalue weighted by atomic mass is 16.5. The van der Waals surface area contributed by atoms with Gasteiger partial charge in [0.05, 0.1) is 18.0 Å². The molecule has 0 saturated carbocycles. The fourth-order valence-electron chi connectivity index (χ4n) is 2.73. The Labute approximate surface area is 159 Å². The molecular weight excluding hydrogens is 338 g/mol. The van der Waals surface area contributed by atoms with Crippen molar-refractivity contribution in [2.24, 2.45) is 0 Å². The fraction of sp³-hybridized carbons (Fsp3) is 0.136. The molecule has 0 spiro atoms. The summed E-state index contributed by atoms with van der Waals surface area (Å²) in [6.45, 7) is 2.70. The van der Waals surface area contributed by atoms with E-state index < -0.39 is 6.09 Å². The van der Waals surface area contributed by atoms with Gasteiger partial charge in [-0.1, -0.05) is 48.5 Å². The summed E-state index contributed by atoms with van der Waals surface area (Å²) < 4.78 is 4.86. The van der Waals surface area contributed by atoms with E-state index in [0.29, 0.717) is 24.5 Å². The molecular formula is C22H23N3O2. The second-order valence-corrected chi connectivity index (χ2v) is 6.06. The first-order valence-electron chi connectivity index (χ1n) is 8.87. The van der Waals surface area contributed by atoms with Crippen molar-refractivity contribution in [2.45, 2.75) is 13.5 Å². The smallest absolute Gasteiger partial charge is 0.411 e. The zero-order valence-corrected chi connectivity index (χ0v) is 15.2. The number of benzene rings is 3. The van der Waals surface area contributed by atoms with Crippen molar-refractivity contribution < 1.29 is 9.53 Å². The molecule has 27 heavy (non-hydrogen) atoms. The zero-order valence-electron chi connectivity index (χ0n) is 15.2. The molecule has 5 nitrogen and oxygen atoms in total. The van der Waals surface area contributed by atoms with Gasteiger partial charge in [0.2, 0.25) is 0 Å². The Morgan fingerprint density at radius 1 is 0.963 bits per heavy atom. The van der Waals surface area contributed by atoms with Gasteiger partial charge in [0.15, 0.2) is 0 Å². The van der Waals surface area contributed by atoms with E-state index in [4.69, 9.17) is 10.5 Å². The quantitative estimate of drug-likeness (QED) is 0.533. The van der Waals surface area contributed by atoms with Gasteiger partial charge in [0.1, 0.15) is 0 Å². The van der Waals surface area contributed by atoms with Crippen LogP contribution in [0.5, 0.6) is 0 Å². The number of carbonyl (C=O) groups is 1. The summed E-state index contributed by atoms with van der Waals surface area (Å²) in [5.74, 6) is 0. The summed E-state index contributed by atoms with van der Waals surface area (Å²) in [4.78, 5) is 11.5. The number of nitrogens with one attached hydrogen (secondary N) is 2. The lowest BCUT2D eigenvalue weighted by molar-refractivity contribution is 0.168. The van der Waals surface area contributed by atoms with Gasteiger partial charge in [-0.2, -0.15) is 0 Å². The van der Waals surface area contributed by atoms with Crippen LogP contribution in [0.3, 0.4) is 0 Å². The third kappa shape index (κ3) is 5.01. The number of anilines is 3. The highest BCUT2D eigenvalue weighted by molar-refractivity contribution is 5.89. The van der Waals surface area contributed by atoms with Crippen LogP contribution >= 0.6 is 0 Å². The Bertz CT molecular complexity index is 893. The Kier molecular flexibility index (Phi) is 5.94. The van der Waals surface area contributed by atoms with Gasteiger partial charge in [0.25, 0.3) is 0 Å². The molecule has 0 bridgehead atoms. The molecule has 3 aromatic carbocycles. The Balaban J connectivity index is 1.60. The fourth-order valence-corrected chi connectivity index (χ4v) is 2.73. The molecule has 3 rings (SSSR count). The number of hydrogen-bond acceptors (Lipinski definition) is 4. The number of ether oxygens (including phenoxy) is 1. The van der Waals surface area contributed by atoms with Crippen LogP contribution in [0, 0.1) is 0 Å². The molecule has 1 amide bonds. The largest absolute Gasteiger partial charge is 0.450 e. The van der Waals surface area contributed by atoms with Crippen molar-refractivity contribution >= 4 is 23.2 Å². The SMILES string of the molecule is CCOC(=O)Nc1ccc(CNc2ccc(-c3ccccc3)cc2)cc1N. The monoisotopic (exact) mass is 361 g/mol. The van der Waals surface area contributed by atoms with Gasteiger partial charge >= 0.3 is 6.09 Å². The van der Waals surface area contributed by atoms with Crippen LogP contribution in [0.15, 0.2) is 72.8 Å². The predicted molar refractivity (Wildman–Crippen MR) is 111 cm³/mol. The Morgan fingerprint density at radius 2 is 1.67 bits per heavy atom. The standard InChI is InChI=1S/C22H23N3O2/c1-2-27-22(26)25-21-13-8-16(14-20(21)23)15-24-19-11-9-18(10-12-19)17-6-4-3-5-7-17/h3-14,24H,2,15,23H2,1H3,(H,25,26). The van der Waals surface area contributed by atoms with Gasteiger partial charge in [-0.05, 0) is 47.9 Å². The Hall–Kier alpha value is -3.47. The van der Waals surface area contributed by atoms with Crippen molar-refractivity contribution in [3.05, 3.63) is 78.4 Å². The van der Waals surface area contributed by atoms with Gasteiger partial charge in [-0.3, -0.25) is 5.32 Å². The molecule has 0 fully saturated rings. The van der Waals surface area contributed by atoms with Crippen molar-refractivity contribution in [2.75, 3.05) is 23.0 Å². The zero-order chi connectivity index (χ0) is 19.1. The highest BCUT2D eigenvalue weighted by Crippen LogP contribution is 2.23. The summed E-state index contributed by atoms with van der Waals surface area (Å²) >= 11 is 0. The van der Waals surface area contributed by atoms with Gasteiger partial charge < -0.3 is 15.8 Å². The van der Waals surface area contributed by atoms with E-state index >= 15 is 0 Å². The van der Waals surface area contributed by atoms with Crippen molar-refractivity contribution in [1.29, 1.82) is 0 Å². The molecule has 5 heteroatoms. The molecule has 138 valence electrons. The Morgan fingerprint density at radius 3 is 2.33 bits per heavy atom. The normalized spacial score (nSPS) is 10.3. The van der Waals surface area contributed by atoms with Crippen LogP contribution in [0.25, 0.3) is 11.1 Å². The number of nitrogen functional groups attached to an aromatic ring is 1. The van der Waals surface area contributed by atoms with Gasteiger partial charge in [-0.15, -0.1) is 0 Å². The number of rotatable bonds is 6. The minimum absolute atomic E-state index is 0.316. The number of hydrogen-bond donors (Lipinski definition) is 3. The van der Waals surface area contributed by atoms with E-state index in [-0.39, 0.29) is 0 Å². The average Bonchev–Trinajstić information content (AvgIpc) is 2.69. The second-order valence-electron chi connectivity index (χ2n) is 6.06. The first kappa shape index (κ1) is 18.3. The average molecular weight is 361 g/mol. The molecule has 0 aliphatic rings. The first-order valence-corrected chi connectivity index (χ1v) is 8.87. The van der Waals surface area contributed by atoms with Gasteiger partial charge in [0, 0.05) is 12.2 Å². The lowest BCUT2D eigenvalue weighted by atomic mass is 10.1. The van der Waals surface area contributed by atoms with E-state index in [2.05, 4.69) is 47.0 Å². The molecule has 0 heterocycles. The van der Waals surface area contributed by atoms with Crippen LogP contribution in [0.1, 0.15) is 12.5 Å². The molecule has 0 saturated heterocycles. The summed E-state index contributed by atoms with van der Waals surface area (Å²) in [5, 5.41) is 6.01. The van der Waals surface area contributed by atoms with Crippen molar-refractivity contribution in [3.63, 3.8) is 0 Å². The molecule has 0 atom stereocenters. The van der Waals surface area contributed by atoms with Crippen molar-refractivity contribution in [3.8, 4) is 11.1 Å². The topological polar surface area (TPSA) is 76.4 Å². The predicted octanol–water partition coefficient (Wildman–Crippen LogP) is 5.12. The molecule has 0 radical (unpaired) electrons. The molecule has 0 unspecified atom stereocenters. The maximum Gasteiger partial charge on any atom is 0.411 e. The van der Waals surface area contributed by atoms with E-state index in [9.17, 15) is 4.79 Å². The lowest BCUT2D eigenvalue weighted by Crippen LogP contribution is -2.14. The van der Waals surface area contributed by atoms with Crippen LogP contribution in [0.4, 0.5) is 21.9 Å². The molecule has 0 aliphatic carbocycles. The van der Waals surface area contributed by atoms with Crippen LogP contribution in [-0.4, -0.2) is 12.7 Å². The van der Waals surface area contributed by atoms with Crippen LogP contribution < -0.4 is 16.4 Å². The minimum atomic E-state index is -0.506. The maximum absolute atomic E-state index is 11.5. The molecule has 4 N–H and O–H groups in total. The second kappa shape index (κ2) is 8.76. The summed E-state index contributed by atoms with van der Waals surface area (Å²) in [5.41, 5.74) is 11.5. The molecule has 3 aromatic rings. The first-order chi connectivity index (χ1) is 13.2. The number of nitrogens with two attached hydrogens (primary N) is 1. The number of amides is 1. The molecule has 0 aliphatic heterocycles. The minimum Gasteiger partial charge on any atom is -0.450 e. The highest BCUT2D eigenvalue weighted by Gasteiger charge is 2.06.